The second-order valence-electron chi connectivity index (χ2n) is 7.35. The van der Waals surface area contributed by atoms with E-state index in [2.05, 4.69) is 10.2 Å². The van der Waals surface area contributed by atoms with Crippen LogP contribution in [0, 0.1) is 5.92 Å². The van der Waals surface area contributed by atoms with Crippen molar-refractivity contribution in [2.45, 2.75) is 82.3 Å². The summed E-state index contributed by atoms with van der Waals surface area (Å²) in [7, 11) is 0. The van der Waals surface area contributed by atoms with Gasteiger partial charge >= 0.3 is 0 Å². The summed E-state index contributed by atoms with van der Waals surface area (Å²) in [6.07, 6.45) is 13.5. The molecular weight excluding hydrogens is 248 g/mol. The van der Waals surface area contributed by atoms with E-state index < -0.39 is 0 Å². The summed E-state index contributed by atoms with van der Waals surface area (Å²) < 4.78 is 0. The third-order valence-electron chi connectivity index (χ3n) is 5.77. The van der Waals surface area contributed by atoms with Gasteiger partial charge in [-0.15, -0.1) is 0 Å². The summed E-state index contributed by atoms with van der Waals surface area (Å²) >= 11 is 0. The highest BCUT2D eigenvalue weighted by atomic mass is 16.3. The molecule has 1 aliphatic heterocycles. The maximum Gasteiger partial charge on any atom is 0.0434 e. The van der Waals surface area contributed by atoms with Crippen molar-refractivity contribution in [1.82, 2.24) is 10.2 Å². The van der Waals surface area contributed by atoms with Crippen LogP contribution >= 0.6 is 0 Å². The Bertz CT molecular complexity index is 285. The molecule has 3 heteroatoms. The fraction of sp³-hybridized carbons (Fsp3) is 1.00. The number of hydrogen-bond donors (Lipinski definition) is 2. The van der Waals surface area contributed by atoms with Gasteiger partial charge in [0.1, 0.15) is 0 Å². The number of aliphatic hydroxyl groups is 1. The van der Waals surface area contributed by atoms with E-state index in [0.717, 1.165) is 18.5 Å². The van der Waals surface area contributed by atoms with Crippen LogP contribution in [0.2, 0.25) is 0 Å². The van der Waals surface area contributed by atoms with Crippen molar-refractivity contribution >= 4 is 0 Å². The molecule has 116 valence electrons. The Labute approximate surface area is 124 Å². The topological polar surface area (TPSA) is 35.5 Å². The van der Waals surface area contributed by atoms with Gasteiger partial charge in [0.15, 0.2) is 0 Å². The number of hydrogen-bond acceptors (Lipinski definition) is 3. The lowest BCUT2D eigenvalue weighted by Crippen LogP contribution is -2.56. The van der Waals surface area contributed by atoms with Gasteiger partial charge in [0.2, 0.25) is 0 Å². The fourth-order valence-corrected chi connectivity index (χ4v) is 4.41. The Kier molecular flexibility index (Phi) is 5.36. The number of likely N-dealkylation sites (tertiary alicyclic amines) is 1. The highest BCUT2D eigenvalue weighted by Crippen LogP contribution is 2.31. The van der Waals surface area contributed by atoms with Crippen LogP contribution in [-0.4, -0.2) is 47.8 Å². The normalized spacial score (nSPS) is 34.0. The van der Waals surface area contributed by atoms with Gasteiger partial charge in [0.25, 0.3) is 0 Å². The molecule has 0 spiro atoms. The predicted molar refractivity (Wildman–Crippen MR) is 82.8 cm³/mol. The number of piperidine rings is 1. The molecule has 0 bridgehead atoms. The number of rotatable bonds is 5. The van der Waals surface area contributed by atoms with Gasteiger partial charge in [-0.25, -0.2) is 0 Å². The number of aliphatic hydroxyl groups excluding tert-OH is 1. The Hall–Kier alpha value is -0.120. The maximum absolute atomic E-state index is 9.28. The highest BCUT2D eigenvalue weighted by molar-refractivity contribution is 4.91. The third-order valence-corrected chi connectivity index (χ3v) is 5.77. The van der Waals surface area contributed by atoms with E-state index >= 15 is 0 Å². The second-order valence-corrected chi connectivity index (χ2v) is 7.35. The first-order chi connectivity index (χ1) is 9.85. The van der Waals surface area contributed by atoms with E-state index in [9.17, 15) is 5.11 Å². The Morgan fingerprint density at radius 2 is 1.70 bits per heavy atom. The van der Waals surface area contributed by atoms with Crippen molar-refractivity contribution in [2.75, 3.05) is 19.7 Å². The van der Waals surface area contributed by atoms with E-state index in [1.54, 1.807) is 0 Å². The molecular formula is C17H32N2O. The molecule has 1 heterocycles. The highest BCUT2D eigenvalue weighted by Gasteiger charge is 2.34. The van der Waals surface area contributed by atoms with E-state index in [1.807, 2.05) is 0 Å². The predicted octanol–water partition coefficient (Wildman–Crippen LogP) is 2.53. The van der Waals surface area contributed by atoms with E-state index in [1.165, 1.54) is 70.9 Å². The van der Waals surface area contributed by atoms with Crippen LogP contribution in [-0.2, 0) is 0 Å². The average Bonchev–Trinajstić information content (AvgIpc) is 2.38. The van der Waals surface area contributed by atoms with Gasteiger partial charge in [-0.1, -0.05) is 25.7 Å². The largest absolute Gasteiger partial charge is 0.396 e. The number of nitrogens with one attached hydrogen (secondary N) is 1. The summed E-state index contributed by atoms with van der Waals surface area (Å²) in [5.41, 5.74) is 0. The van der Waals surface area contributed by atoms with Gasteiger partial charge in [-0.3, -0.25) is 4.90 Å². The van der Waals surface area contributed by atoms with Gasteiger partial charge < -0.3 is 10.4 Å². The summed E-state index contributed by atoms with van der Waals surface area (Å²) in [5, 5.41) is 13.2. The Morgan fingerprint density at radius 3 is 2.35 bits per heavy atom. The molecule has 0 aromatic carbocycles. The first-order valence-corrected chi connectivity index (χ1v) is 8.96. The Balaban J connectivity index is 1.53. The van der Waals surface area contributed by atoms with Crippen LogP contribution in [0.4, 0.5) is 0 Å². The zero-order chi connectivity index (χ0) is 13.8. The molecule has 3 aliphatic rings. The molecule has 2 N–H and O–H groups in total. The first-order valence-electron chi connectivity index (χ1n) is 8.96. The molecule has 0 radical (unpaired) electrons. The molecule has 20 heavy (non-hydrogen) atoms. The fourth-order valence-electron chi connectivity index (χ4n) is 4.41. The van der Waals surface area contributed by atoms with Crippen LogP contribution in [0.15, 0.2) is 0 Å². The summed E-state index contributed by atoms with van der Waals surface area (Å²) in [4.78, 5) is 2.73. The molecule has 1 saturated heterocycles. The molecule has 2 saturated carbocycles. The molecule has 3 nitrogen and oxygen atoms in total. The molecule has 0 aromatic rings. The molecule has 2 aliphatic carbocycles. The lowest BCUT2D eigenvalue weighted by Gasteiger charge is -2.46. The smallest absolute Gasteiger partial charge is 0.0434 e. The SMILES string of the molecule is OCCC1CC(NC2CCCCC2)CN(C2CCC2)C1. The van der Waals surface area contributed by atoms with E-state index in [-0.39, 0.29) is 0 Å². The standard InChI is InChI=1S/C17H32N2O/c20-10-9-14-11-16(18-15-5-2-1-3-6-15)13-19(12-14)17-7-4-8-17/h14-18,20H,1-13H2. The van der Waals surface area contributed by atoms with E-state index in [0.29, 0.717) is 18.6 Å². The van der Waals surface area contributed by atoms with Gasteiger partial charge in [-0.2, -0.15) is 0 Å². The maximum atomic E-state index is 9.28. The Morgan fingerprint density at radius 1 is 0.900 bits per heavy atom. The number of nitrogens with zero attached hydrogens (tertiary/aromatic N) is 1. The second kappa shape index (κ2) is 7.24. The van der Waals surface area contributed by atoms with Crippen LogP contribution in [0.25, 0.3) is 0 Å². The molecule has 2 unspecified atom stereocenters. The molecule has 0 amide bonds. The monoisotopic (exact) mass is 280 g/mol. The third kappa shape index (κ3) is 3.75. The first kappa shape index (κ1) is 14.8. The van der Waals surface area contributed by atoms with Crippen LogP contribution in [0.1, 0.15) is 64.2 Å². The van der Waals surface area contributed by atoms with Crippen molar-refractivity contribution in [3.63, 3.8) is 0 Å². The van der Waals surface area contributed by atoms with Crippen molar-refractivity contribution in [2.24, 2.45) is 5.92 Å². The summed E-state index contributed by atoms with van der Waals surface area (Å²) in [6.45, 7) is 2.84. The molecule has 3 rings (SSSR count). The molecule has 3 fully saturated rings. The quantitative estimate of drug-likeness (QED) is 0.812. The van der Waals surface area contributed by atoms with Crippen LogP contribution < -0.4 is 5.32 Å². The van der Waals surface area contributed by atoms with Crippen molar-refractivity contribution in [3.05, 3.63) is 0 Å². The van der Waals surface area contributed by atoms with Gasteiger partial charge in [0, 0.05) is 37.8 Å². The summed E-state index contributed by atoms with van der Waals surface area (Å²) in [5.74, 6) is 0.704. The summed E-state index contributed by atoms with van der Waals surface area (Å²) in [6, 6.07) is 2.29. The average molecular weight is 280 g/mol. The molecule has 0 aromatic heterocycles. The van der Waals surface area contributed by atoms with Crippen LogP contribution in [0.5, 0.6) is 0 Å². The van der Waals surface area contributed by atoms with Crippen molar-refractivity contribution < 1.29 is 5.11 Å². The lowest BCUT2D eigenvalue weighted by atomic mass is 9.84. The van der Waals surface area contributed by atoms with Crippen molar-refractivity contribution in [1.29, 1.82) is 0 Å². The minimum Gasteiger partial charge on any atom is -0.396 e. The molecule has 2 atom stereocenters. The van der Waals surface area contributed by atoms with Gasteiger partial charge in [-0.05, 0) is 44.4 Å². The lowest BCUT2D eigenvalue weighted by molar-refractivity contribution is 0.0468. The minimum atomic E-state index is 0.360. The minimum absolute atomic E-state index is 0.360. The zero-order valence-electron chi connectivity index (χ0n) is 12.9. The van der Waals surface area contributed by atoms with Gasteiger partial charge in [0.05, 0.1) is 0 Å². The van der Waals surface area contributed by atoms with Crippen LogP contribution in [0.3, 0.4) is 0 Å². The zero-order valence-corrected chi connectivity index (χ0v) is 12.9. The van der Waals surface area contributed by atoms with Crippen molar-refractivity contribution in [3.8, 4) is 0 Å². The van der Waals surface area contributed by atoms with E-state index in [4.69, 9.17) is 0 Å².